The monoisotopic (exact) mass is 283 g/mol. The smallest absolute Gasteiger partial charge is 0.143 e. The lowest BCUT2D eigenvalue weighted by atomic mass is 10.1. The van der Waals surface area contributed by atoms with Crippen molar-refractivity contribution in [1.82, 2.24) is 30.0 Å². The minimum absolute atomic E-state index is 0.155. The maximum absolute atomic E-state index is 4.20. The van der Waals surface area contributed by atoms with E-state index in [4.69, 9.17) is 0 Å². The van der Waals surface area contributed by atoms with Crippen molar-refractivity contribution in [3.05, 3.63) is 48.0 Å². The van der Waals surface area contributed by atoms with E-state index in [9.17, 15) is 0 Å². The van der Waals surface area contributed by atoms with Gasteiger partial charge >= 0.3 is 0 Å². The number of hydrogen-bond donors (Lipinski definition) is 1. The van der Waals surface area contributed by atoms with Gasteiger partial charge in [0.1, 0.15) is 6.33 Å². The van der Waals surface area contributed by atoms with Crippen molar-refractivity contribution in [3.8, 4) is 5.69 Å². The van der Waals surface area contributed by atoms with E-state index >= 15 is 0 Å². The van der Waals surface area contributed by atoms with Gasteiger partial charge in [-0.1, -0.05) is 6.07 Å². The highest BCUT2D eigenvalue weighted by Crippen LogP contribution is 2.22. The predicted octanol–water partition coefficient (Wildman–Crippen LogP) is 1.88. The van der Waals surface area contributed by atoms with Gasteiger partial charge in [0.2, 0.25) is 0 Å². The van der Waals surface area contributed by atoms with Crippen LogP contribution in [0.5, 0.6) is 0 Å². The van der Waals surface area contributed by atoms with E-state index in [1.165, 1.54) is 0 Å². The fourth-order valence-electron chi connectivity index (χ4n) is 2.35. The van der Waals surface area contributed by atoms with Gasteiger partial charge in [-0.2, -0.15) is 5.10 Å². The standard InChI is InChI=1S/C14H17N7/c1-10-4-5-12(8-14(10)21-9-15-18-19-21)17-11(2)13-6-7-16-20(13)3/h4-9,11,17H,1-3H3. The zero-order chi connectivity index (χ0) is 14.8. The summed E-state index contributed by atoms with van der Waals surface area (Å²) in [5, 5.41) is 19.0. The number of aromatic nitrogens is 6. The maximum atomic E-state index is 4.20. The molecular weight excluding hydrogens is 266 g/mol. The quantitative estimate of drug-likeness (QED) is 0.791. The lowest BCUT2D eigenvalue weighted by Gasteiger charge is -2.17. The van der Waals surface area contributed by atoms with Gasteiger partial charge in [-0.25, -0.2) is 4.68 Å². The fraction of sp³-hybridized carbons (Fsp3) is 0.286. The number of nitrogens with one attached hydrogen (secondary N) is 1. The Morgan fingerprint density at radius 1 is 1.24 bits per heavy atom. The second kappa shape index (κ2) is 5.35. The number of benzene rings is 1. The molecule has 0 bridgehead atoms. The average molecular weight is 283 g/mol. The summed E-state index contributed by atoms with van der Waals surface area (Å²) < 4.78 is 3.53. The normalized spacial score (nSPS) is 12.3. The van der Waals surface area contributed by atoms with Gasteiger partial charge in [0, 0.05) is 18.9 Å². The van der Waals surface area contributed by atoms with Crippen molar-refractivity contribution in [3.63, 3.8) is 0 Å². The van der Waals surface area contributed by atoms with Gasteiger partial charge in [-0.05, 0) is 48.0 Å². The zero-order valence-electron chi connectivity index (χ0n) is 12.2. The second-order valence-corrected chi connectivity index (χ2v) is 5.00. The van der Waals surface area contributed by atoms with Crippen LogP contribution >= 0.6 is 0 Å². The van der Waals surface area contributed by atoms with Crippen LogP contribution in [-0.4, -0.2) is 30.0 Å². The van der Waals surface area contributed by atoms with E-state index in [2.05, 4.69) is 45.0 Å². The molecule has 2 heterocycles. The summed E-state index contributed by atoms with van der Waals surface area (Å²) >= 11 is 0. The minimum Gasteiger partial charge on any atom is -0.377 e. The molecule has 3 aromatic rings. The third-order valence-corrected chi connectivity index (χ3v) is 3.49. The van der Waals surface area contributed by atoms with E-state index < -0.39 is 0 Å². The Labute approximate surface area is 122 Å². The molecule has 7 nitrogen and oxygen atoms in total. The molecule has 0 saturated heterocycles. The van der Waals surface area contributed by atoms with Crippen LogP contribution in [-0.2, 0) is 7.05 Å². The average Bonchev–Trinajstić information content (AvgIpc) is 3.12. The van der Waals surface area contributed by atoms with Crippen LogP contribution in [0.3, 0.4) is 0 Å². The molecule has 0 radical (unpaired) electrons. The number of aryl methyl sites for hydroxylation is 2. The first kappa shape index (κ1) is 13.3. The summed E-state index contributed by atoms with van der Waals surface area (Å²) in [6, 6.07) is 8.31. The number of nitrogens with zero attached hydrogens (tertiary/aromatic N) is 6. The van der Waals surface area contributed by atoms with Crippen molar-refractivity contribution in [2.75, 3.05) is 5.32 Å². The van der Waals surface area contributed by atoms with E-state index in [-0.39, 0.29) is 6.04 Å². The highest BCUT2D eigenvalue weighted by atomic mass is 15.5. The summed E-state index contributed by atoms with van der Waals surface area (Å²) in [4.78, 5) is 0. The number of hydrogen-bond acceptors (Lipinski definition) is 5. The molecule has 3 rings (SSSR count). The molecule has 0 aliphatic carbocycles. The Kier molecular flexibility index (Phi) is 3.39. The van der Waals surface area contributed by atoms with Gasteiger partial charge in [-0.3, -0.25) is 4.68 Å². The van der Waals surface area contributed by atoms with Crippen molar-refractivity contribution in [1.29, 1.82) is 0 Å². The molecule has 2 aromatic heterocycles. The first-order valence-corrected chi connectivity index (χ1v) is 6.73. The SMILES string of the molecule is Cc1ccc(NC(C)c2ccnn2C)cc1-n1cnnn1. The van der Waals surface area contributed by atoms with Crippen LogP contribution in [0.4, 0.5) is 5.69 Å². The number of rotatable bonds is 4. The first-order valence-electron chi connectivity index (χ1n) is 6.73. The number of tetrazole rings is 1. The molecule has 0 saturated carbocycles. The van der Waals surface area contributed by atoms with Gasteiger partial charge in [0.25, 0.3) is 0 Å². The fourth-order valence-corrected chi connectivity index (χ4v) is 2.35. The molecule has 7 heteroatoms. The van der Waals surface area contributed by atoms with Crippen LogP contribution in [0.15, 0.2) is 36.8 Å². The summed E-state index contributed by atoms with van der Waals surface area (Å²) in [6.07, 6.45) is 3.39. The van der Waals surface area contributed by atoms with Gasteiger partial charge in [0.15, 0.2) is 0 Å². The lowest BCUT2D eigenvalue weighted by Crippen LogP contribution is -2.11. The molecule has 108 valence electrons. The zero-order valence-corrected chi connectivity index (χ0v) is 12.2. The summed E-state index contributed by atoms with van der Waals surface area (Å²) in [6.45, 7) is 4.14. The largest absolute Gasteiger partial charge is 0.377 e. The molecule has 0 spiro atoms. The molecule has 0 fully saturated rings. The molecule has 1 N–H and O–H groups in total. The molecule has 1 atom stereocenters. The maximum Gasteiger partial charge on any atom is 0.143 e. The summed E-state index contributed by atoms with van der Waals surface area (Å²) in [5.74, 6) is 0. The molecule has 0 amide bonds. The highest BCUT2D eigenvalue weighted by Gasteiger charge is 2.10. The first-order chi connectivity index (χ1) is 10.1. The van der Waals surface area contributed by atoms with E-state index in [1.807, 2.05) is 30.8 Å². The molecule has 1 aromatic carbocycles. The van der Waals surface area contributed by atoms with Crippen molar-refractivity contribution >= 4 is 5.69 Å². The van der Waals surface area contributed by atoms with Crippen molar-refractivity contribution < 1.29 is 0 Å². The van der Waals surface area contributed by atoms with E-state index in [0.717, 1.165) is 22.6 Å². The Bertz CT molecular complexity index is 730. The third kappa shape index (κ3) is 2.62. The van der Waals surface area contributed by atoms with Gasteiger partial charge < -0.3 is 5.32 Å². The van der Waals surface area contributed by atoms with Crippen molar-refractivity contribution in [2.24, 2.45) is 7.05 Å². The van der Waals surface area contributed by atoms with Crippen LogP contribution in [0.1, 0.15) is 24.2 Å². The second-order valence-electron chi connectivity index (χ2n) is 5.00. The molecular formula is C14H17N7. The highest BCUT2D eigenvalue weighted by molar-refractivity contribution is 5.55. The number of anilines is 1. The molecule has 0 aliphatic heterocycles. The van der Waals surface area contributed by atoms with Crippen LogP contribution in [0, 0.1) is 6.92 Å². The molecule has 21 heavy (non-hydrogen) atoms. The third-order valence-electron chi connectivity index (χ3n) is 3.49. The summed E-state index contributed by atoms with van der Waals surface area (Å²) in [7, 11) is 1.94. The van der Waals surface area contributed by atoms with E-state index in [1.54, 1.807) is 17.2 Å². The Hall–Kier alpha value is -2.70. The topological polar surface area (TPSA) is 73.5 Å². The summed E-state index contributed by atoms with van der Waals surface area (Å²) in [5.41, 5.74) is 4.21. The van der Waals surface area contributed by atoms with E-state index in [0.29, 0.717) is 0 Å². The minimum atomic E-state index is 0.155. The lowest BCUT2D eigenvalue weighted by molar-refractivity contribution is 0.675. The van der Waals surface area contributed by atoms with Crippen LogP contribution in [0.2, 0.25) is 0 Å². The predicted molar refractivity (Wildman–Crippen MR) is 79.1 cm³/mol. The van der Waals surface area contributed by atoms with Crippen LogP contribution in [0.25, 0.3) is 5.69 Å². The van der Waals surface area contributed by atoms with Gasteiger partial charge in [-0.15, -0.1) is 5.10 Å². The Morgan fingerprint density at radius 2 is 2.10 bits per heavy atom. The van der Waals surface area contributed by atoms with Gasteiger partial charge in [0.05, 0.1) is 17.4 Å². The molecule has 1 unspecified atom stereocenters. The Balaban J connectivity index is 1.87. The van der Waals surface area contributed by atoms with Crippen molar-refractivity contribution in [2.45, 2.75) is 19.9 Å². The molecule has 0 aliphatic rings. The Morgan fingerprint density at radius 3 is 2.76 bits per heavy atom. The van der Waals surface area contributed by atoms with Crippen LogP contribution < -0.4 is 5.32 Å².